The maximum absolute atomic E-state index is 12.9. The highest BCUT2D eigenvalue weighted by atomic mass is 32.2. The molecule has 3 N–H and O–H groups in total. The van der Waals surface area contributed by atoms with Crippen LogP contribution in [0.3, 0.4) is 0 Å². The van der Waals surface area contributed by atoms with Crippen molar-refractivity contribution in [3.05, 3.63) is 23.3 Å². The zero-order chi connectivity index (χ0) is 15.8. The number of sulfonamides is 1. The lowest BCUT2D eigenvalue weighted by atomic mass is 10.1. The fourth-order valence-electron chi connectivity index (χ4n) is 2.79. The van der Waals surface area contributed by atoms with E-state index in [0.717, 1.165) is 12.0 Å². The van der Waals surface area contributed by atoms with Crippen LogP contribution in [0.4, 0.5) is 5.69 Å². The number of aliphatic hydroxyl groups is 1. The first-order valence-electron chi connectivity index (χ1n) is 7.35. The highest BCUT2D eigenvalue weighted by molar-refractivity contribution is 7.89. The highest BCUT2D eigenvalue weighted by Crippen LogP contribution is 2.31. The average Bonchev–Trinajstić information content (AvgIpc) is 2.78. The maximum atomic E-state index is 12.9. The van der Waals surface area contributed by atoms with E-state index in [2.05, 4.69) is 0 Å². The van der Waals surface area contributed by atoms with Gasteiger partial charge in [0.15, 0.2) is 0 Å². The Morgan fingerprint density at radius 1 is 1.33 bits per heavy atom. The van der Waals surface area contributed by atoms with Crippen molar-refractivity contribution in [3.8, 4) is 0 Å². The normalized spacial score (nSPS) is 23.6. The van der Waals surface area contributed by atoms with E-state index in [-0.39, 0.29) is 6.54 Å². The van der Waals surface area contributed by atoms with Crippen LogP contribution < -0.4 is 5.73 Å². The average molecular weight is 312 g/mol. The number of anilines is 1. The van der Waals surface area contributed by atoms with Gasteiger partial charge in [-0.3, -0.25) is 0 Å². The fraction of sp³-hybridized carbons (Fsp3) is 0.600. The third-order valence-electron chi connectivity index (χ3n) is 4.10. The molecule has 1 fully saturated rings. The Labute approximate surface area is 126 Å². The molecule has 5 nitrogen and oxygen atoms in total. The van der Waals surface area contributed by atoms with Crippen LogP contribution in [-0.2, 0) is 22.9 Å². The number of nitrogens with zero attached hydrogens (tertiary/aromatic N) is 1. The van der Waals surface area contributed by atoms with Crippen LogP contribution in [0.5, 0.6) is 0 Å². The predicted molar refractivity (Wildman–Crippen MR) is 83.6 cm³/mol. The second kappa shape index (κ2) is 5.59. The van der Waals surface area contributed by atoms with E-state index in [1.54, 1.807) is 13.0 Å². The molecule has 1 aromatic rings. The SMILES string of the molecule is CCc1cc(N)c(CC)c(S(=O)(=O)N2CCC(C)(O)C2)c1. The largest absolute Gasteiger partial charge is 0.398 e. The van der Waals surface area contributed by atoms with E-state index >= 15 is 0 Å². The van der Waals surface area contributed by atoms with Crippen molar-refractivity contribution in [2.75, 3.05) is 18.8 Å². The summed E-state index contributed by atoms with van der Waals surface area (Å²) >= 11 is 0. The molecule has 0 radical (unpaired) electrons. The van der Waals surface area contributed by atoms with Gasteiger partial charge in [0.1, 0.15) is 0 Å². The highest BCUT2D eigenvalue weighted by Gasteiger charge is 2.39. The van der Waals surface area contributed by atoms with Crippen molar-refractivity contribution in [1.82, 2.24) is 4.31 Å². The molecular formula is C15H24N2O3S. The zero-order valence-electron chi connectivity index (χ0n) is 12.9. The summed E-state index contributed by atoms with van der Waals surface area (Å²) in [5.74, 6) is 0. The van der Waals surface area contributed by atoms with Gasteiger partial charge in [-0.15, -0.1) is 0 Å². The van der Waals surface area contributed by atoms with Gasteiger partial charge in [0.2, 0.25) is 10.0 Å². The summed E-state index contributed by atoms with van der Waals surface area (Å²) in [5.41, 5.74) is 7.18. The van der Waals surface area contributed by atoms with E-state index in [1.807, 2.05) is 19.9 Å². The van der Waals surface area contributed by atoms with E-state index in [0.29, 0.717) is 35.5 Å². The lowest BCUT2D eigenvalue weighted by molar-refractivity contribution is 0.0762. The van der Waals surface area contributed by atoms with E-state index in [9.17, 15) is 13.5 Å². The molecule has 1 unspecified atom stereocenters. The molecule has 1 aromatic carbocycles. The minimum absolute atomic E-state index is 0.134. The second-order valence-corrected chi connectivity index (χ2v) is 7.86. The van der Waals surface area contributed by atoms with Gasteiger partial charge in [0.25, 0.3) is 0 Å². The number of β-amino-alcohol motifs (C(OH)–C–C–N with tert-alkyl or cyclic N) is 1. The summed E-state index contributed by atoms with van der Waals surface area (Å²) in [7, 11) is -3.61. The summed E-state index contributed by atoms with van der Waals surface area (Å²) in [6.07, 6.45) is 1.75. The summed E-state index contributed by atoms with van der Waals surface area (Å²) in [5, 5.41) is 10.0. The van der Waals surface area contributed by atoms with Crippen LogP contribution in [0.15, 0.2) is 17.0 Å². The molecule has 2 rings (SSSR count). The quantitative estimate of drug-likeness (QED) is 0.826. The molecule has 0 spiro atoms. The maximum Gasteiger partial charge on any atom is 0.243 e. The van der Waals surface area contributed by atoms with Gasteiger partial charge in [-0.2, -0.15) is 4.31 Å². The van der Waals surface area contributed by atoms with E-state index in [4.69, 9.17) is 5.73 Å². The fourth-order valence-corrected chi connectivity index (χ4v) is 4.72. The summed E-state index contributed by atoms with van der Waals surface area (Å²) in [4.78, 5) is 0.291. The number of nitrogen functional groups attached to an aromatic ring is 1. The topological polar surface area (TPSA) is 83.6 Å². The number of hydrogen-bond acceptors (Lipinski definition) is 4. The molecule has 1 saturated heterocycles. The third-order valence-corrected chi connectivity index (χ3v) is 6.01. The Morgan fingerprint density at radius 3 is 2.48 bits per heavy atom. The molecule has 6 heteroatoms. The van der Waals surface area contributed by atoms with Crippen molar-refractivity contribution in [2.24, 2.45) is 0 Å². The van der Waals surface area contributed by atoms with Crippen molar-refractivity contribution in [2.45, 2.75) is 50.5 Å². The first-order chi connectivity index (χ1) is 9.71. The third kappa shape index (κ3) is 3.07. The Hall–Kier alpha value is -1.11. The molecule has 1 atom stereocenters. The van der Waals surface area contributed by atoms with Crippen molar-refractivity contribution >= 4 is 15.7 Å². The second-order valence-electron chi connectivity index (χ2n) is 5.95. The standard InChI is InChI=1S/C15H24N2O3S/c1-4-11-8-13(16)12(5-2)14(9-11)21(19,20)17-7-6-15(3,18)10-17/h8-9,18H,4-7,10,16H2,1-3H3. The molecule has 0 aromatic heterocycles. The van der Waals surface area contributed by atoms with Gasteiger partial charge in [-0.05, 0) is 49.4 Å². The Balaban J connectivity index is 2.52. The minimum atomic E-state index is -3.61. The number of benzene rings is 1. The molecule has 0 saturated carbocycles. The number of rotatable bonds is 4. The molecule has 1 heterocycles. The predicted octanol–water partition coefficient (Wildman–Crippen LogP) is 1.54. The van der Waals surface area contributed by atoms with Gasteiger partial charge in [-0.25, -0.2) is 8.42 Å². The van der Waals surface area contributed by atoms with Crippen LogP contribution in [0.2, 0.25) is 0 Å². The van der Waals surface area contributed by atoms with Crippen LogP contribution in [0.25, 0.3) is 0 Å². The van der Waals surface area contributed by atoms with E-state index < -0.39 is 15.6 Å². The van der Waals surface area contributed by atoms with Crippen LogP contribution in [-0.4, -0.2) is 36.5 Å². The van der Waals surface area contributed by atoms with Crippen molar-refractivity contribution in [1.29, 1.82) is 0 Å². The molecule has 0 aliphatic carbocycles. The Kier molecular flexibility index (Phi) is 4.33. The van der Waals surface area contributed by atoms with Crippen LogP contribution in [0.1, 0.15) is 38.3 Å². The summed E-state index contributed by atoms with van der Waals surface area (Å²) in [6.45, 7) is 6.01. The Bertz CT molecular complexity index is 639. The molecular weight excluding hydrogens is 288 g/mol. The molecule has 118 valence electrons. The monoisotopic (exact) mass is 312 g/mol. The first kappa shape index (κ1) is 16.3. The van der Waals surface area contributed by atoms with Crippen molar-refractivity contribution in [3.63, 3.8) is 0 Å². The van der Waals surface area contributed by atoms with Gasteiger partial charge in [0, 0.05) is 18.8 Å². The van der Waals surface area contributed by atoms with Gasteiger partial charge in [0.05, 0.1) is 10.5 Å². The van der Waals surface area contributed by atoms with E-state index in [1.165, 1.54) is 4.31 Å². The zero-order valence-corrected chi connectivity index (χ0v) is 13.7. The van der Waals surface area contributed by atoms with Crippen molar-refractivity contribution < 1.29 is 13.5 Å². The number of aryl methyl sites for hydroxylation is 1. The smallest absolute Gasteiger partial charge is 0.243 e. The molecule has 21 heavy (non-hydrogen) atoms. The Morgan fingerprint density at radius 2 is 2.00 bits per heavy atom. The van der Waals surface area contributed by atoms with Crippen LogP contribution >= 0.6 is 0 Å². The molecule has 0 amide bonds. The minimum Gasteiger partial charge on any atom is -0.398 e. The lowest BCUT2D eigenvalue weighted by Gasteiger charge is -2.21. The summed E-state index contributed by atoms with van der Waals surface area (Å²) < 4.78 is 27.1. The molecule has 0 bridgehead atoms. The molecule has 1 aliphatic heterocycles. The number of hydrogen-bond donors (Lipinski definition) is 2. The van der Waals surface area contributed by atoms with Gasteiger partial charge < -0.3 is 10.8 Å². The first-order valence-corrected chi connectivity index (χ1v) is 8.79. The summed E-state index contributed by atoms with van der Waals surface area (Å²) in [6, 6.07) is 3.57. The number of nitrogens with two attached hydrogens (primary N) is 1. The van der Waals surface area contributed by atoms with Gasteiger partial charge in [-0.1, -0.05) is 13.8 Å². The lowest BCUT2D eigenvalue weighted by Crippen LogP contribution is -2.34. The molecule has 1 aliphatic rings. The van der Waals surface area contributed by atoms with Gasteiger partial charge >= 0.3 is 0 Å². The van der Waals surface area contributed by atoms with Crippen LogP contribution in [0, 0.1) is 0 Å².